The maximum Gasteiger partial charge on any atom is 0.0833 e. The summed E-state index contributed by atoms with van der Waals surface area (Å²) in [5.74, 6) is 0.967. The average molecular weight is 187 g/mol. The minimum absolute atomic E-state index is 0.228. The van der Waals surface area contributed by atoms with E-state index in [-0.39, 0.29) is 12.2 Å². The van der Waals surface area contributed by atoms with E-state index in [1.54, 1.807) is 0 Å². The number of hydrogen-bond donors (Lipinski definition) is 1. The number of rotatable bonds is 0. The second-order valence-corrected chi connectivity index (χ2v) is 4.16. The zero-order valence-corrected chi connectivity index (χ0v) is 7.89. The van der Waals surface area contributed by atoms with Crippen LogP contribution in [0.4, 0.5) is 0 Å². The van der Waals surface area contributed by atoms with E-state index in [0.717, 1.165) is 12.1 Å². The molecule has 1 saturated heterocycles. The molecule has 0 aromatic rings. The highest BCUT2D eigenvalue weighted by atomic mass is 16.5. The van der Waals surface area contributed by atoms with Crippen molar-refractivity contribution in [1.82, 2.24) is 0 Å². The van der Waals surface area contributed by atoms with Gasteiger partial charge in [-0.25, -0.2) is 0 Å². The first kappa shape index (κ1) is 8.18. The third-order valence-corrected chi connectivity index (χ3v) is 3.30. The molecule has 3 aliphatic rings. The van der Waals surface area contributed by atoms with Gasteiger partial charge in [-0.1, -0.05) is 30.4 Å². The van der Waals surface area contributed by atoms with Crippen LogP contribution < -0.4 is 0 Å². The highest BCUT2D eigenvalue weighted by molar-refractivity contribution is 5.93. The lowest BCUT2D eigenvalue weighted by atomic mass is 9.79. The molecule has 2 aliphatic carbocycles. The first-order valence-electron chi connectivity index (χ1n) is 5.11. The molecule has 0 aromatic carbocycles. The Bertz CT molecular complexity index is 353. The highest BCUT2D eigenvalue weighted by Crippen LogP contribution is 2.40. The standard InChI is InChI=1S/C12H13NO/c13-8-5-6-12-10(7-8)9-3-1-2-4-11(9)14-12/h1-6,9-13H,7H2. The van der Waals surface area contributed by atoms with E-state index in [0.29, 0.717) is 11.8 Å². The summed E-state index contributed by atoms with van der Waals surface area (Å²) in [7, 11) is 0. The van der Waals surface area contributed by atoms with Gasteiger partial charge in [0.25, 0.3) is 0 Å². The highest BCUT2D eigenvalue weighted by Gasteiger charge is 2.42. The van der Waals surface area contributed by atoms with Crippen molar-refractivity contribution in [3.8, 4) is 0 Å². The molecule has 4 unspecified atom stereocenters. The Labute approximate surface area is 83.5 Å². The monoisotopic (exact) mass is 187 g/mol. The van der Waals surface area contributed by atoms with Gasteiger partial charge < -0.3 is 10.1 Å². The molecule has 1 fully saturated rings. The molecule has 14 heavy (non-hydrogen) atoms. The van der Waals surface area contributed by atoms with Gasteiger partial charge in [-0.3, -0.25) is 0 Å². The van der Waals surface area contributed by atoms with Crippen LogP contribution in [0.15, 0.2) is 36.5 Å². The molecule has 1 aliphatic heterocycles. The Hall–Kier alpha value is -1.15. The zero-order valence-electron chi connectivity index (χ0n) is 7.89. The van der Waals surface area contributed by atoms with Crippen LogP contribution in [0.3, 0.4) is 0 Å². The Morgan fingerprint density at radius 2 is 2.00 bits per heavy atom. The maximum atomic E-state index is 7.66. The normalized spacial score (nSPS) is 43.9. The van der Waals surface area contributed by atoms with E-state index in [2.05, 4.69) is 18.2 Å². The van der Waals surface area contributed by atoms with Gasteiger partial charge in [-0.15, -0.1) is 0 Å². The van der Waals surface area contributed by atoms with Crippen molar-refractivity contribution >= 4 is 5.71 Å². The molecule has 0 aromatic heterocycles. The van der Waals surface area contributed by atoms with Crippen LogP contribution in [-0.2, 0) is 4.74 Å². The van der Waals surface area contributed by atoms with Crippen LogP contribution in [0.5, 0.6) is 0 Å². The van der Waals surface area contributed by atoms with Crippen molar-refractivity contribution < 1.29 is 4.74 Å². The third-order valence-electron chi connectivity index (χ3n) is 3.30. The fourth-order valence-electron chi connectivity index (χ4n) is 2.60. The molecular formula is C12H13NO. The summed E-state index contributed by atoms with van der Waals surface area (Å²) >= 11 is 0. The third kappa shape index (κ3) is 1.11. The summed E-state index contributed by atoms with van der Waals surface area (Å²) in [5.41, 5.74) is 0.735. The van der Waals surface area contributed by atoms with Crippen molar-refractivity contribution in [3.63, 3.8) is 0 Å². The van der Waals surface area contributed by atoms with Gasteiger partial charge >= 0.3 is 0 Å². The molecule has 0 amide bonds. The summed E-state index contributed by atoms with van der Waals surface area (Å²) < 4.78 is 5.90. The van der Waals surface area contributed by atoms with Gasteiger partial charge in [0.05, 0.1) is 12.2 Å². The van der Waals surface area contributed by atoms with Crippen molar-refractivity contribution in [2.24, 2.45) is 11.8 Å². The molecule has 72 valence electrons. The fourth-order valence-corrected chi connectivity index (χ4v) is 2.60. The number of ether oxygens (including phenoxy) is 1. The molecule has 2 nitrogen and oxygen atoms in total. The quantitative estimate of drug-likeness (QED) is 0.619. The van der Waals surface area contributed by atoms with Crippen molar-refractivity contribution in [3.05, 3.63) is 36.5 Å². The Kier molecular flexibility index (Phi) is 1.71. The van der Waals surface area contributed by atoms with Gasteiger partial charge in [0.2, 0.25) is 0 Å². The van der Waals surface area contributed by atoms with E-state index in [1.165, 1.54) is 0 Å². The summed E-state index contributed by atoms with van der Waals surface area (Å²) in [6.07, 6.45) is 13.7. The number of nitrogens with one attached hydrogen (secondary N) is 1. The zero-order chi connectivity index (χ0) is 9.54. The van der Waals surface area contributed by atoms with Gasteiger partial charge in [-0.05, 0) is 12.5 Å². The average Bonchev–Trinajstić information content (AvgIpc) is 2.56. The number of hydrogen-bond acceptors (Lipinski definition) is 2. The molecule has 0 spiro atoms. The lowest BCUT2D eigenvalue weighted by Gasteiger charge is -2.22. The van der Waals surface area contributed by atoms with Gasteiger partial charge in [-0.2, -0.15) is 0 Å². The lowest BCUT2D eigenvalue weighted by molar-refractivity contribution is 0.0852. The first-order chi connectivity index (χ1) is 6.84. The lowest BCUT2D eigenvalue weighted by Crippen LogP contribution is -2.25. The predicted octanol–water partition coefficient (Wildman–Crippen LogP) is 2.09. The Morgan fingerprint density at radius 3 is 2.93 bits per heavy atom. The van der Waals surface area contributed by atoms with E-state index in [1.807, 2.05) is 18.2 Å². The molecule has 0 saturated carbocycles. The van der Waals surface area contributed by atoms with Crippen LogP contribution >= 0.6 is 0 Å². The number of allylic oxidation sites excluding steroid dienone is 3. The largest absolute Gasteiger partial charge is 0.366 e. The Morgan fingerprint density at radius 1 is 1.14 bits per heavy atom. The topological polar surface area (TPSA) is 33.1 Å². The summed E-state index contributed by atoms with van der Waals surface area (Å²) in [6.45, 7) is 0. The molecule has 3 rings (SSSR count). The van der Waals surface area contributed by atoms with Crippen molar-refractivity contribution in [2.45, 2.75) is 18.6 Å². The molecule has 0 radical (unpaired) electrons. The van der Waals surface area contributed by atoms with Crippen LogP contribution in [0.1, 0.15) is 6.42 Å². The Balaban J connectivity index is 1.92. The second-order valence-electron chi connectivity index (χ2n) is 4.16. The van der Waals surface area contributed by atoms with Crippen LogP contribution in [0.25, 0.3) is 0 Å². The first-order valence-corrected chi connectivity index (χ1v) is 5.11. The fraction of sp³-hybridized carbons (Fsp3) is 0.417. The summed E-state index contributed by atoms with van der Waals surface area (Å²) in [6, 6.07) is 0. The summed E-state index contributed by atoms with van der Waals surface area (Å²) in [4.78, 5) is 0. The maximum absolute atomic E-state index is 7.66. The van der Waals surface area contributed by atoms with E-state index in [4.69, 9.17) is 10.1 Å². The minimum atomic E-state index is 0.228. The minimum Gasteiger partial charge on any atom is -0.366 e. The second kappa shape index (κ2) is 2.92. The molecular weight excluding hydrogens is 174 g/mol. The number of fused-ring (bicyclic) bond motifs is 3. The van der Waals surface area contributed by atoms with E-state index in [9.17, 15) is 0 Å². The molecule has 2 heteroatoms. The summed E-state index contributed by atoms with van der Waals surface area (Å²) in [5, 5.41) is 7.66. The van der Waals surface area contributed by atoms with Gasteiger partial charge in [0, 0.05) is 17.5 Å². The molecule has 4 atom stereocenters. The van der Waals surface area contributed by atoms with Crippen molar-refractivity contribution in [2.75, 3.05) is 0 Å². The molecule has 1 heterocycles. The predicted molar refractivity (Wildman–Crippen MR) is 55.4 cm³/mol. The molecule has 1 N–H and O–H groups in total. The van der Waals surface area contributed by atoms with Crippen LogP contribution in [0, 0.1) is 17.2 Å². The van der Waals surface area contributed by atoms with Gasteiger partial charge in [0.1, 0.15) is 0 Å². The van der Waals surface area contributed by atoms with E-state index >= 15 is 0 Å². The van der Waals surface area contributed by atoms with Gasteiger partial charge in [0.15, 0.2) is 0 Å². The van der Waals surface area contributed by atoms with Crippen LogP contribution in [-0.4, -0.2) is 17.9 Å². The van der Waals surface area contributed by atoms with Crippen molar-refractivity contribution in [1.29, 1.82) is 5.41 Å². The van der Waals surface area contributed by atoms with Crippen LogP contribution in [0.2, 0.25) is 0 Å². The smallest absolute Gasteiger partial charge is 0.0833 e. The SMILES string of the molecule is N=C1C=CC2OC3C=CC=CC3C2C1. The van der Waals surface area contributed by atoms with E-state index < -0.39 is 0 Å². The molecule has 0 bridgehead atoms.